The summed E-state index contributed by atoms with van der Waals surface area (Å²) < 4.78 is 6.41. The Morgan fingerprint density at radius 3 is 2.61 bits per heavy atom. The van der Waals surface area contributed by atoms with E-state index >= 15 is 0 Å². The van der Waals surface area contributed by atoms with E-state index in [1.54, 1.807) is 6.07 Å². The van der Waals surface area contributed by atoms with Crippen molar-refractivity contribution >= 4 is 11.6 Å². The number of nitrogens with one attached hydrogen (secondary N) is 2. The van der Waals surface area contributed by atoms with Crippen molar-refractivity contribution in [2.45, 2.75) is 19.8 Å². The summed E-state index contributed by atoms with van der Waals surface area (Å²) in [6, 6.07) is 7.45. The van der Waals surface area contributed by atoms with Crippen LogP contribution in [0.5, 0.6) is 11.6 Å². The van der Waals surface area contributed by atoms with Gasteiger partial charge in [0.15, 0.2) is 0 Å². The number of ether oxygens (including phenoxy) is 1. The summed E-state index contributed by atoms with van der Waals surface area (Å²) in [5, 5.41) is 18.9. The maximum absolute atomic E-state index is 12.0. The minimum absolute atomic E-state index is 0.0208. The lowest BCUT2D eigenvalue weighted by atomic mass is 10.1. The van der Waals surface area contributed by atoms with Crippen molar-refractivity contribution < 1.29 is 4.74 Å². The van der Waals surface area contributed by atoms with E-state index in [0.717, 1.165) is 4.68 Å². The van der Waals surface area contributed by atoms with Crippen LogP contribution >= 0.6 is 11.6 Å². The molecule has 0 aliphatic heterocycles. The van der Waals surface area contributed by atoms with Gasteiger partial charge in [-0.3, -0.25) is 14.6 Å². The first-order valence-electron chi connectivity index (χ1n) is 8.01. The molecule has 0 radical (unpaired) electrons. The van der Waals surface area contributed by atoms with E-state index in [0.29, 0.717) is 11.3 Å². The van der Waals surface area contributed by atoms with Crippen LogP contribution in [0.2, 0.25) is 5.02 Å². The van der Waals surface area contributed by atoms with E-state index in [2.05, 4.69) is 15.3 Å². The fourth-order valence-corrected chi connectivity index (χ4v) is 2.61. The first kappa shape index (κ1) is 19.1. The van der Waals surface area contributed by atoms with Gasteiger partial charge in [0, 0.05) is 17.7 Å². The monoisotopic (exact) mass is 400 g/mol. The number of nitriles is 1. The molecule has 0 unspecified atom stereocenters. The third-order valence-corrected chi connectivity index (χ3v) is 4.04. The van der Waals surface area contributed by atoms with Gasteiger partial charge in [-0.25, -0.2) is 9.89 Å². The van der Waals surface area contributed by atoms with Crippen LogP contribution in [0.4, 0.5) is 0 Å². The molecule has 2 heterocycles. The average molecular weight is 401 g/mol. The number of halogens is 1. The maximum Gasteiger partial charge on any atom is 0.349 e. The lowest BCUT2D eigenvalue weighted by Crippen LogP contribution is -2.33. The van der Waals surface area contributed by atoms with Gasteiger partial charge < -0.3 is 4.74 Å². The van der Waals surface area contributed by atoms with Crippen molar-refractivity contribution in [2.75, 3.05) is 0 Å². The minimum Gasteiger partial charge on any atom is -0.438 e. The lowest BCUT2D eigenvalue weighted by molar-refractivity contribution is 0.452. The first-order valence-corrected chi connectivity index (χ1v) is 8.39. The number of aromatic nitrogens is 5. The quantitative estimate of drug-likeness (QED) is 0.673. The van der Waals surface area contributed by atoms with Crippen LogP contribution in [-0.2, 0) is 0 Å². The van der Waals surface area contributed by atoms with Crippen molar-refractivity contribution in [3.8, 4) is 23.4 Å². The van der Waals surface area contributed by atoms with Gasteiger partial charge in [0.25, 0.3) is 11.1 Å². The Balaban J connectivity index is 1.97. The molecular weight excluding hydrogens is 388 g/mol. The number of hydrogen-bond donors (Lipinski definition) is 2. The van der Waals surface area contributed by atoms with Crippen molar-refractivity contribution in [2.24, 2.45) is 0 Å². The zero-order valence-electron chi connectivity index (χ0n) is 14.7. The molecule has 0 atom stereocenters. The summed E-state index contributed by atoms with van der Waals surface area (Å²) in [7, 11) is 0. The normalized spacial score (nSPS) is 10.7. The van der Waals surface area contributed by atoms with Crippen LogP contribution < -0.4 is 21.5 Å². The molecule has 0 spiro atoms. The summed E-state index contributed by atoms with van der Waals surface area (Å²) in [5.74, 6) is 0.437. The van der Waals surface area contributed by atoms with E-state index in [1.165, 1.54) is 24.3 Å². The zero-order chi connectivity index (χ0) is 20.4. The van der Waals surface area contributed by atoms with Gasteiger partial charge in [-0.2, -0.15) is 9.94 Å². The topological polar surface area (TPSA) is 147 Å². The maximum atomic E-state index is 12.0. The molecule has 1 aromatic carbocycles. The molecule has 142 valence electrons. The zero-order valence-corrected chi connectivity index (χ0v) is 15.4. The largest absolute Gasteiger partial charge is 0.438 e. The van der Waals surface area contributed by atoms with Gasteiger partial charge in [-0.15, -0.1) is 10.2 Å². The molecular formula is C17H13ClN6O4. The van der Waals surface area contributed by atoms with E-state index in [1.807, 2.05) is 18.8 Å². The van der Waals surface area contributed by atoms with Crippen LogP contribution in [0.15, 0.2) is 38.6 Å². The summed E-state index contributed by atoms with van der Waals surface area (Å²) in [6.07, 6.45) is 0. The predicted octanol–water partition coefficient (Wildman–Crippen LogP) is 1.44. The molecule has 0 amide bonds. The standard InChI is InChI=1S/C17H13ClN6O4/c1-8(2)10-6-14(21-22-15(10)25)28-9-3-4-13(11(18)5-9)24-17(27)20-16(26)12(7-19)23-24/h3-6,8H,1-2H3,(H,22,25)(H,20,26,27). The highest BCUT2D eigenvalue weighted by Crippen LogP contribution is 2.27. The van der Waals surface area contributed by atoms with Crippen molar-refractivity contribution in [3.63, 3.8) is 0 Å². The second kappa shape index (κ2) is 7.50. The third kappa shape index (κ3) is 3.70. The molecule has 0 aliphatic carbocycles. The average Bonchev–Trinajstić information content (AvgIpc) is 2.64. The third-order valence-electron chi connectivity index (χ3n) is 3.73. The second-order valence-corrected chi connectivity index (χ2v) is 6.40. The summed E-state index contributed by atoms with van der Waals surface area (Å²) in [6.45, 7) is 3.73. The molecule has 0 fully saturated rings. The van der Waals surface area contributed by atoms with E-state index in [9.17, 15) is 14.4 Å². The molecule has 2 N–H and O–H groups in total. The molecule has 2 aromatic heterocycles. The Hall–Kier alpha value is -3.71. The van der Waals surface area contributed by atoms with E-state index < -0.39 is 16.9 Å². The molecule has 10 nitrogen and oxygen atoms in total. The van der Waals surface area contributed by atoms with Crippen molar-refractivity contribution in [3.05, 3.63) is 71.7 Å². The molecule has 0 saturated carbocycles. The van der Waals surface area contributed by atoms with Gasteiger partial charge in [0.1, 0.15) is 11.8 Å². The van der Waals surface area contributed by atoms with E-state index in [4.69, 9.17) is 21.6 Å². The molecule has 3 rings (SSSR count). The van der Waals surface area contributed by atoms with Crippen molar-refractivity contribution in [1.29, 1.82) is 5.26 Å². The van der Waals surface area contributed by atoms with Crippen LogP contribution in [0.3, 0.4) is 0 Å². The molecule has 0 saturated heterocycles. The van der Waals surface area contributed by atoms with Crippen LogP contribution in [-0.4, -0.2) is 25.0 Å². The Kier molecular flexibility index (Phi) is 5.10. The van der Waals surface area contributed by atoms with Gasteiger partial charge in [-0.1, -0.05) is 25.4 Å². The summed E-state index contributed by atoms with van der Waals surface area (Å²) in [5.41, 5.74) is -1.85. The summed E-state index contributed by atoms with van der Waals surface area (Å²) >= 11 is 6.21. The second-order valence-electron chi connectivity index (χ2n) is 5.99. The fourth-order valence-electron chi connectivity index (χ4n) is 2.36. The smallest absolute Gasteiger partial charge is 0.349 e. The Morgan fingerprint density at radius 1 is 1.21 bits per heavy atom. The molecule has 28 heavy (non-hydrogen) atoms. The SMILES string of the molecule is CC(C)c1cc(Oc2ccc(-n3nc(C#N)c(=O)[nH]c3=O)c(Cl)c2)n[nH]c1=O. The van der Waals surface area contributed by atoms with Crippen LogP contribution in [0, 0.1) is 11.3 Å². The number of benzene rings is 1. The van der Waals surface area contributed by atoms with Gasteiger partial charge in [0.05, 0.1) is 10.7 Å². The fraction of sp³-hybridized carbons (Fsp3) is 0.176. The molecule has 0 bridgehead atoms. The lowest BCUT2D eigenvalue weighted by Gasteiger charge is -2.10. The van der Waals surface area contributed by atoms with E-state index in [-0.39, 0.29) is 28.1 Å². The van der Waals surface area contributed by atoms with Gasteiger partial charge in [0.2, 0.25) is 11.6 Å². The molecule has 3 aromatic rings. The van der Waals surface area contributed by atoms with Gasteiger partial charge >= 0.3 is 5.69 Å². The Morgan fingerprint density at radius 2 is 1.96 bits per heavy atom. The highest BCUT2D eigenvalue weighted by Gasteiger charge is 2.13. The Labute approximate surface area is 162 Å². The Bertz CT molecular complexity index is 1270. The first-order chi connectivity index (χ1) is 13.3. The highest BCUT2D eigenvalue weighted by atomic mass is 35.5. The minimum atomic E-state index is -0.884. The van der Waals surface area contributed by atoms with Crippen molar-refractivity contribution in [1.82, 2.24) is 25.0 Å². The number of hydrogen-bond acceptors (Lipinski definition) is 7. The number of aromatic amines is 2. The highest BCUT2D eigenvalue weighted by molar-refractivity contribution is 6.32. The number of rotatable bonds is 4. The number of H-pyrrole nitrogens is 2. The summed E-state index contributed by atoms with van der Waals surface area (Å²) in [4.78, 5) is 37.2. The number of nitrogens with zero attached hydrogens (tertiary/aromatic N) is 4. The molecule has 11 heteroatoms. The molecule has 0 aliphatic rings. The van der Waals surface area contributed by atoms with Crippen LogP contribution in [0.25, 0.3) is 5.69 Å². The van der Waals surface area contributed by atoms with Gasteiger partial charge in [-0.05, 0) is 18.1 Å². The van der Waals surface area contributed by atoms with Crippen LogP contribution in [0.1, 0.15) is 31.0 Å². The predicted molar refractivity (Wildman–Crippen MR) is 99.2 cm³/mol.